The Kier molecular flexibility index (Phi) is 5.43. The number of pyridine rings is 1. The highest BCUT2D eigenvalue weighted by atomic mass is 32.2. The SMILES string of the molecule is CCOC(=O)CSc1nc2nc3c(cc2c(=O)n1-c1ccccc1)CCCC3. The first-order chi connectivity index (χ1) is 13.7. The van der Waals surface area contributed by atoms with Gasteiger partial charge >= 0.3 is 5.97 Å². The summed E-state index contributed by atoms with van der Waals surface area (Å²) < 4.78 is 6.57. The average molecular weight is 395 g/mol. The Balaban J connectivity index is 1.86. The van der Waals surface area contributed by atoms with E-state index in [1.165, 1.54) is 11.8 Å². The zero-order valence-electron chi connectivity index (χ0n) is 15.7. The molecular formula is C21H21N3O3S. The van der Waals surface area contributed by atoms with Crippen LogP contribution in [0.5, 0.6) is 0 Å². The van der Waals surface area contributed by atoms with Crippen LogP contribution in [-0.4, -0.2) is 32.9 Å². The number of carbonyl (C=O) groups is 1. The van der Waals surface area contributed by atoms with E-state index in [-0.39, 0.29) is 17.3 Å². The molecule has 0 amide bonds. The molecule has 0 aliphatic heterocycles. The molecule has 1 aliphatic carbocycles. The van der Waals surface area contributed by atoms with Crippen LogP contribution in [0.2, 0.25) is 0 Å². The van der Waals surface area contributed by atoms with Crippen molar-refractivity contribution < 1.29 is 9.53 Å². The van der Waals surface area contributed by atoms with Crippen LogP contribution in [0.15, 0.2) is 46.3 Å². The molecule has 1 aromatic carbocycles. The molecule has 0 saturated heterocycles. The van der Waals surface area contributed by atoms with E-state index in [1.807, 2.05) is 36.4 Å². The highest BCUT2D eigenvalue weighted by Crippen LogP contribution is 2.25. The number of fused-ring (bicyclic) bond motifs is 2. The molecule has 7 heteroatoms. The lowest BCUT2D eigenvalue weighted by atomic mass is 9.95. The molecule has 28 heavy (non-hydrogen) atoms. The predicted molar refractivity (Wildman–Crippen MR) is 109 cm³/mol. The molecule has 0 fully saturated rings. The van der Waals surface area contributed by atoms with Crippen molar-refractivity contribution in [1.29, 1.82) is 0 Å². The van der Waals surface area contributed by atoms with Crippen LogP contribution < -0.4 is 5.56 Å². The number of para-hydroxylation sites is 1. The fourth-order valence-corrected chi connectivity index (χ4v) is 4.24. The van der Waals surface area contributed by atoms with Crippen molar-refractivity contribution in [2.24, 2.45) is 0 Å². The summed E-state index contributed by atoms with van der Waals surface area (Å²) in [6.45, 7) is 2.09. The number of carbonyl (C=O) groups excluding carboxylic acids is 1. The Morgan fingerprint density at radius 2 is 1.96 bits per heavy atom. The van der Waals surface area contributed by atoms with Crippen LogP contribution in [0.4, 0.5) is 0 Å². The molecule has 0 saturated carbocycles. The summed E-state index contributed by atoms with van der Waals surface area (Å²) in [6, 6.07) is 11.3. The number of esters is 1. The monoisotopic (exact) mass is 395 g/mol. The quantitative estimate of drug-likeness (QED) is 0.375. The molecule has 3 aromatic rings. The van der Waals surface area contributed by atoms with Crippen LogP contribution in [0.25, 0.3) is 16.7 Å². The van der Waals surface area contributed by atoms with Crippen molar-refractivity contribution in [3.63, 3.8) is 0 Å². The Bertz CT molecular complexity index is 1080. The van der Waals surface area contributed by atoms with E-state index in [2.05, 4.69) is 9.97 Å². The van der Waals surface area contributed by atoms with Crippen LogP contribution in [0.3, 0.4) is 0 Å². The standard InChI is InChI=1S/C21H21N3O3S/c1-2-27-18(25)13-28-21-23-19-16(12-14-8-6-7-11-17(14)22-19)20(26)24(21)15-9-4-3-5-10-15/h3-5,9-10,12H,2,6-8,11,13H2,1H3. The highest BCUT2D eigenvalue weighted by molar-refractivity contribution is 7.99. The van der Waals surface area contributed by atoms with Crippen LogP contribution in [-0.2, 0) is 22.4 Å². The van der Waals surface area contributed by atoms with Gasteiger partial charge in [-0.3, -0.25) is 14.2 Å². The molecule has 1 aliphatic rings. The first-order valence-corrected chi connectivity index (χ1v) is 10.5. The van der Waals surface area contributed by atoms with E-state index in [1.54, 1.807) is 11.5 Å². The maximum absolute atomic E-state index is 13.4. The summed E-state index contributed by atoms with van der Waals surface area (Å²) in [6.07, 6.45) is 4.09. The molecule has 6 nitrogen and oxygen atoms in total. The lowest BCUT2D eigenvalue weighted by molar-refractivity contribution is -0.139. The van der Waals surface area contributed by atoms with Gasteiger partial charge in [-0.1, -0.05) is 30.0 Å². The fourth-order valence-electron chi connectivity index (χ4n) is 3.44. The van der Waals surface area contributed by atoms with Gasteiger partial charge in [-0.2, -0.15) is 0 Å². The first-order valence-electron chi connectivity index (χ1n) is 9.46. The minimum absolute atomic E-state index is 0.0869. The fraction of sp³-hybridized carbons (Fsp3) is 0.333. The molecule has 0 bridgehead atoms. The third-order valence-electron chi connectivity index (χ3n) is 4.75. The van der Waals surface area contributed by atoms with Gasteiger partial charge in [0, 0.05) is 5.69 Å². The van der Waals surface area contributed by atoms with Gasteiger partial charge in [-0.15, -0.1) is 0 Å². The van der Waals surface area contributed by atoms with E-state index in [9.17, 15) is 9.59 Å². The van der Waals surface area contributed by atoms with Crippen LogP contribution in [0, 0.1) is 0 Å². The topological polar surface area (TPSA) is 74.1 Å². The Labute approximate surface area is 167 Å². The van der Waals surface area contributed by atoms with Crippen LogP contribution in [0.1, 0.15) is 31.0 Å². The van der Waals surface area contributed by atoms with E-state index >= 15 is 0 Å². The second kappa shape index (κ2) is 8.14. The second-order valence-electron chi connectivity index (χ2n) is 6.64. The molecule has 144 valence electrons. The average Bonchev–Trinajstić information content (AvgIpc) is 2.72. The Morgan fingerprint density at radius 1 is 1.18 bits per heavy atom. The largest absolute Gasteiger partial charge is 0.465 e. The van der Waals surface area contributed by atoms with Crippen molar-refractivity contribution in [2.75, 3.05) is 12.4 Å². The van der Waals surface area contributed by atoms with Gasteiger partial charge in [0.1, 0.15) is 0 Å². The molecule has 2 heterocycles. The normalized spacial score (nSPS) is 13.3. The number of thioether (sulfide) groups is 1. The molecule has 0 atom stereocenters. The number of rotatable bonds is 5. The van der Waals surface area contributed by atoms with Crippen molar-refractivity contribution in [3.05, 3.63) is 58.0 Å². The summed E-state index contributed by atoms with van der Waals surface area (Å²) in [5.41, 5.74) is 3.17. The third kappa shape index (κ3) is 3.67. The Morgan fingerprint density at radius 3 is 2.75 bits per heavy atom. The molecule has 2 aromatic heterocycles. The van der Waals surface area contributed by atoms with Gasteiger partial charge in [-0.25, -0.2) is 9.97 Å². The second-order valence-corrected chi connectivity index (χ2v) is 7.58. The zero-order chi connectivity index (χ0) is 19.5. The van der Waals surface area contributed by atoms with E-state index in [0.717, 1.165) is 36.9 Å². The molecule has 0 N–H and O–H groups in total. The van der Waals surface area contributed by atoms with Gasteiger partial charge in [0.15, 0.2) is 10.8 Å². The number of hydrogen-bond acceptors (Lipinski definition) is 6. The van der Waals surface area contributed by atoms with Crippen molar-refractivity contribution in [2.45, 2.75) is 37.8 Å². The lowest BCUT2D eigenvalue weighted by Gasteiger charge is -2.17. The molecule has 0 spiro atoms. The summed E-state index contributed by atoms with van der Waals surface area (Å²) in [5, 5.41) is 0.963. The molecule has 0 radical (unpaired) electrons. The summed E-state index contributed by atoms with van der Waals surface area (Å²) in [5.74, 6) is -0.247. The van der Waals surface area contributed by atoms with E-state index in [4.69, 9.17) is 4.74 Å². The van der Waals surface area contributed by atoms with Gasteiger partial charge in [0.25, 0.3) is 5.56 Å². The number of aromatic nitrogens is 3. The smallest absolute Gasteiger partial charge is 0.316 e. The highest BCUT2D eigenvalue weighted by Gasteiger charge is 2.19. The number of aryl methyl sites for hydroxylation is 2. The number of nitrogens with zero attached hydrogens (tertiary/aromatic N) is 3. The van der Waals surface area contributed by atoms with Crippen LogP contribution >= 0.6 is 11.8 Å². The van der Waals surface area contributed by atoms with Gasteiger partial charge in [0.05, 0.1) is 23.4 Å². The van der Waals surface area contributed by atoms with E-state index in [0.29, 0.717) is 28.5 Å². The third-order valence-corrected chi connectivity index (χ3v) is 5.66. The minimum Gasteiger partial charge on any atom is -0.465 e. The van der Waals surface area contributed by atoms with E-state index < -0.39 is 0 Å². The number of ether oxygens (including phenoxy) is 1. The van der Waals surface area contributed by atoms with Gasteiger partial charge in [0.2, 0.25) is 0 Å². The predicted octanol–water partition coefficient (Wildman–Crippen LogP) is 3.31. The van der Waals surface area contributed by atoms with Crippen molar-refractivity contribution >= 4 is 28.8 Å². The molecular weight excluding hydrogens is 374 g/mol. The first kappa shape index (κ1) is 18.7. The summed E-state index contributed by atoms with van der Waals surface area (Å²) in [7, 11) is 0. The van der Waals surface area contributed by atoms with Gasteiger partial charge in [-0.05, 0) is 56.4 Å². The molecule has 0 unspecified atom stereocenters. The summed E-state index contributed by atoms with van der Waals surface area (Å²) >= 11 is 1.19. The maximum atomic E-state index is 13.4. The van der Waals surface area contributed by atoms with Crippen molar-refractivity contribution in [3.8, 4) is 5.69 Å². The number of benzene rings is 1. The summed E-state index contributed by atoms with van der Waals surface area (Å²) in [4.78, 5) is 34.5. The van der Waals surface area contributed by atoms with Gasteiger partial charge < -0.3 is 4.74 Å². The number of hydrogen-bond donors (Lipinski definition) is 0. The Hall–Kier alpha value is -2.67. The minimum atomic E-state index is -0.333. The van der Waals surface area contributed by atoms with Crippen molar-refractivity contribution in [1.82, 2.24) is 14.5 Å². The zero-order valence-corrected chi connectivity index (χ0v) is 16.5. The lowest BCUT2D eigenvalue weighted by Crippen LogP contribution is -2.23. The maximum Gasteiger partial charge on any atom is 0.316 e. The molecule has 4 rings (SSSR count).